The molecule has 2 N–H and O–H groups in total. The van der Waals surface area contributed by atoms with Gasteiger partial charge in [-0.2, -0.15) is 0 Å². The highest BCUT2D eigenvalue weighted by atomic mass is 32.2. The van der Waals surface area contributed by atoms with Crippen LogP contribution < -0.4 is 5.32 Å². The topological polar surface area (TPSA) is 58.6 Å². The van der Waals surface area contributed by atoms with Crippen molar-refractivity contribution in [2.75, 3.05) is 38.3 Å². The molecule has 0 spiro atoms. The number of methoxy groups -OCH3 is 1. The summed E-state index contributed by atoms with van der Waals surface area (Å²) >= 11 is 0. The molecule has 0 aromatic carbocycles. The lowest BCUT2D eigenvalue weighted by Crippen LogP contribution is -2.33. The smallest absolute Gasteiger partial charge is 0.0779 e. The molecule has 0 aliphatic carbocycles. The van der Waals surface area contributed by atoms with Crippen molar-refractivity contribution in [3.63, 3.8) is 0 Å². The number of ether oxygens (including phenoxy) is 1. The van der Waals surface area contributed by atoms with Gasteiger partial charge in [0.25, 0.3) is 0 Å². The molecule has 0 aliphatic heterocycles. The molecule has 98 valence electrons. The van der Waals surface area contributed by atoms with Crippen LogP contribution in [0.3, 0.4) is 0 Å². The Bertz CT molecular complexity index is 188. The number of aliphatic hydroxyl groups excluding tert-OH is 1. The van der Waals surface area contributed by atoms with Crippen LogP contribution in [0, 0.1) is 5.92 Å². The average molecular weight is 251 g/mol. The summed E-state index contributed by atoms with van der Waals surface area (Å²) < 4.78 is 16.4. The van der Waals surface area contributed by atoms with Crippen molar-refractivity contribution in [2.45, 2.75) is 26.4 Å². The zero-order chi connectivity index (χ0) is 12.4. The molecular weight excluding hydrogens is 226 g/mol. The second-order valence-corrected chi connectivity index (χ2v) is 5.97. The van der Waals surface area contributed by atoms with Crippen LogP contribution in [-0.2, 0) is 15.5 Å². The molecule has 0 bridgehead atoms. The molecule has 2 unspecified atom stereocenters. The van der Waals surface area contributed by atoms with Gasteiger partial charge in [-0.1, -0.05) is 13.8 Å². The van der Waals surface area contributed by atoms with Gasteiger partial charge < -0.3 is 15.2 Å². The van der Waals surface area contributed by atoms with Gasteiger partial charge in [0.2, 0.25) is 0 Å². The van der Waals surface area contributed by atoms with Crippen LogP contribution in [0.4, 0.5) is 0 Å². The van der Waals surface area contributed by atoms with Gasteiger partial charge >= 0.3 is 0 Å². The van der Waals surface area contributed by atoms with Gasteiger partial charge in [0, 0.05) is 36.8 Å². The fraction of sp³-hybridized carbons (Fsp3) is 1.00. The summed E-state index contributed by atoms with van der Waals surface area (Å²) in [4.78, 5) is 0. The highest BCUT2D eigenvalue weighted by Crippen LogP contribution is 2.01. The van der Waals surface area contributed by atoms with Gasteiger partial charge in [0.05, 0.1) is 18.5 Å². The van der Waals surface area contributed by atoms with Crippen LogP contribution in [0.5, 0.6) is 0 Å². The largest absolute Gasteiger partial charge is 0.391 e. The van der Waals surface area contributed by atoms with Crippen LogP contribution in [0.1, 0.15) is 20.3 Å². The normalized spacial score (nSPS) is 15.3. The first-order chi connectivity index (χ1) is 7.56. The molecule has 0 rings (SSSR count). The SMILES string of the molecule is COCCNCC(O)CS(=O)CCC(C)C. The molecule has 0 saturated heterocycles. The lowest BCUT2D eigenvalue weighted by Gasteiger charge is -2.12. The molecule has 4 nitrogen and oxygen atoms in total. The second kappa shape index (κ2) is 10.2. The lowest BCUT2D eigenvalue weighted by atomic mass is 10.2. The molecule has 5 heteroatoms. The Kier molecular flexibility index (Phi) is 10.2. The third-order valence-corrected chi connectivity index (χ3v) is 3.61. The van der Waals surface area contributed by atoms with E-state index in [1.807, 2.05) is 0 Å². The van der Waals surface area contributed by atoms with Crippen molar-refractivity contribution in [3.05, 3.63) is 0 Å². The Morgan fingerprint density at radius 1 is 1.44 bits per heavy atom. The first-order valence-corrected chi connectivity index (χ1v) is 7.27. The Morgan fingerprint density at radius 2 is 2.12 bits per heavy atom. The van der Waals surface area contributed by atoms with Crippen molar-refractivity contribution >= 4 is 10.8 Å². The van der Waals surface area contributed by atoms with Crippen LogP contribution in [0.25, 0.3) is 0 Å². The molecule has 0 heterocycles. The molecule has 16 heavy (non-hydrogen) atoms. The number of hydrogen-bond donors (Lipinski definition) is 2. The third-order valence-electron chi connectivity index (χ3n) is 2.16. The molecule has 0 fully saturated rings. The van der Waals surface area contributed by atoms with E-state index in [1.54, 1.807) is 7.11 Å². The second-order valence-electron chi connectivity index (χ2n) is 4.34. The Hall–Kier alpha value is 0.0300. The van der Waals surface area contributed by atoms with Gasteiger partial charge in [0.1, 0.15) is 0 Å². The van der Waals surface area contributed by atoms with Crippen molar-refractivity contribution in [1.82, 2.24) is 5.32 Å². The summed E-state index contributed by atoms with van der Waals surface area (Å²) in [5, 5.41) is 12.6. The summed E-state index contributed by atoms with van der Waals surface area (Å²) in [6, 6.07) is 0. The average Bonchev–Trinajstić information content (AvgIpc) is 2.21. The van der Waals surface area contributed by atoms with E-state index in [-0.39, 0.29) is 0 Å². The summed E-state index contributed by atoms with van der Waals surface area (Å²) in [5.41, 5.74) is 0. The number of aliphatic hydroxyl groups is 1. The van der Waals surface area contributed by atoms with E-state index in [4.69, 9.17) is 4.74 Å². The minimum absolute atomic E-state index is 0.368. The molecule has 0 aromatic rings. The minimum Gasteiger partial charge on any atom is -0.391 e. The van der Waals surface area contributed by atoms with Gasteiger partial charge in [-0.3, -0.25) is 4.21 Å². The maximum absolute atomic E-state index is 11.5. The number of rotatable bonds is 10. The van der Waals surface area contributed by atoms with Gasteiger partial charge in [-0.05, 0) is 12.3 Å². The number of nitrogens with one attached hydrogen (secondary N) is 1. The monoisotopic (exact) mass is 251 g/mol. The van der Waals surface area contributed by atoms with Gasteiger partial charge in [-0.25, -0.2) is 0 Å². The molecular formula is C11H25NO3S. The maximum atomic E-state index is 11.5. The molecule has 0 radical (unpaired) electrons. The van der Waals surface area contributed by atoms with Crippen molar-refractivity contribution in [1.29, 1.82) is 0 Å². The van der Waals surface area contributed by atoms with Crippen molar-refractivity contribution in [2.24, 2.45) is 5.92 Å². The van der Waals surface area contributed by atoms with E-state index in [9.17, 15) is 9.32 Å². The summed E-state index contributed by atoms with van der Waals surface area (Å²) in [5.74, 6) is 1.63. The van der Waals surface area contributed by atoms with Crippen LogP contribution in [0.15, 0.2) is 0 Å². The third kappa shape index (κ3) is 10.5. The zero-order valence-corrected chi connectivity index (χ0v) is 11.4. The predicted octanol–water partition coefficient (Wildman–Crippen LogP) is 0.378. The first kappa shape index (κ1) is 16.0. The standard InChI is InChI=1S/C11H25NO3S/c1-10(2)4-7-16(14)9-11(13)8-12-5-6-15-3/h10-13H,4-9H2,1-3H3. The molecule has 0 saturated carbocycles. The van der Waals surface area contributed by atoms with Crippen LogP contribution in [-0.4, -0.2) is 53.7 Å². The molecule has 0 aliphatic rings. The van der Waals surface area contributed by atoms with E-state index in [0.717, 1.165) is 6.42 Å². The van der Waals surface area contributed by atoms with Gasteiger partial charge in [-0.15, -0.1) is 0 Å². The molecule has 0 amide bonds. The van der Waals surface area contributed by atoms with Crippen LogP contribution in [0.2, 0.25) is 0 Å². The van der Waals surface area contributed by atoms with Crippen LogP contribution >= 0.6 is 0 Å². The van der Waals surface area contributed by atoms with E-state index in [2.05, 4.69) is 19.2 Å². The summed E-state index contributed by atoms with van der Waals surface area (Å²) in [7, 11) is 0.739. The highest BCUT2D eigenvalue weighted by Gasteiger charge is 2.09. The zero-order valence-electron chi connectivity index (χ0n) is 10.6. The van der Waals surface area contributed by atoms with Crippen molar-refractivity contribution < 1.29 is 14.1 Å². The molecule has 0 aromatic heterocycles. The lowest BCUT2D eigenvalue weighted by molar-refractivity contribution is 0.174. The van der Waals surface area contributed by atoms with E-state index >= 15 is 0 Å². The Labute approximate surface area is 101 Å². The highest BCUT2D eigenvalue weighted by molar-refractivity contribution is 7.85. The predicted molar refractivity (Wildman–Crippen MR) is 68.1 cm³/mol. The Morgan fingerprint density at radius 3 is 2.69 bits per heavy atom. The van der Waals surface area contributed by atoms with Crippen molar-refractivity contribution in [3.8, 4) is 0 Å². The summed E-state index contributed by atoms with van der Waals surface area (Å²) in [6.45, 7) is 6.05. The first-order valence-electron chi connectivity index (χ1n) is 5.79. The van der Waals surface area contributed by atoms with E-state index < -0.39 is 16.9 Å². The summed E-state index contributed by atoms with van der Waals surface area (Å²) in [6.07, 6.45) is 0.432. The fourth-order valence-corrected chi connectivity index (χ4v) is 2.61. The fourth-order valence-electron chi connectivity index (χ4n) is 1.17. The van der Waals surface area contributed by atoms with E-state index in [0.29, 0.717) is 37.1 Å². The minimum atomic E-state index is -0.899. The van der Waals surface area contributed by atoms with Gasteiger partial charge in [0.15, 0.2) is 0 Å². The number of hydrogen-bond acceptors (Lipinski definition) is 4. The Balaban J connectivity index is 3.46. The molecule has 2 atom stereocenters. The van der Waals surface area contributed by atoms with E-state index in [1.165, 1.54) is 0 Å². The quantitative estimate of drug-likeness (QED) is 0.551. The maximum Gasteiger partial charge on any atom is 0.0779 e.